The highest BCUT2D eigenvalue weighted by Gasteiger charge is 2.37. The van der Waals surface area contributed by atoms with Gasteiger partial charge in [0.2, 0.25) is 0 Å². The number of hydrogen-bond acceptors (Lipinski definition) is 3. The Morgan fingerprint density at radius 2 is 1.58 bits per heavy atom. The molecular weight excluding hydrogens is 480 g/mol. The van der Waals surface area contributed by atoms with Crippen molar-refractivity contribution in [1.29, 1.82) is 5.26 Å². The van der Waals surface area contributed by atoms with Crippen molar-refractivity contribution in [3.8, 4) is 6.07 Å². The van der Waals surface area contributed by atoms with Crippen LogP contribution >= 0.6 is 0 Å². The maximum absolute atomic E-state index is 13.5. The van der Waals surface area contributed by atoms with Gasteiger partial charge < -0.3 is 4.90 Å². The molecular formula is C27H25F6N3. The van der Waals surface area contributed by atoms with Crippen LogP contribution in [0.1, 0.15) is 60.4 Å². The van der Waals surface area contributed by atoms with Gasteiger partial charge in [-0.2, -0.15) is 31.6 Å². The van der Waals surface area contributed by atoms with Crippen molar-refractivity contribution in [3.63, 3.8) is 0 Å². The zero-order valence-electron chi connectivity index (χ0n) is 19.8. The first-order chi connectivity index (χ1) is 16.9. The molecule has 3 aromatic rings. The molecule has 0 spiro atoms. The minimum atomic E-state index is -4.95. The van der Waals surface area contributed by atoms with Gasteiger partial charge in [-0.15, -0.1) is 0 Å². The van der Waals surface area contributed by atoms with Crippen LogP contribution in [0.2, 0.25) is 0 Å². The summed E-state index contributed by atoms with van der Waals surface area (Å²) in [6, 6.07) is 10.6. The van der Waals surface area contributed by atoms with Crippen LogP contribution in [0.15, 0.2) is 42.5 Å². The third kappa shape index (κ3) is 5.13. The number of para-hydroxylation sites is 1. The molecule has 190 valence electrons. The van der Waals surface area contributed by atoms with Gasteiger partial charge >= 0.3 is 12.4 Å². The molecule has 2 aromatic carbocycles. The highest BCUT2D eigenvalue weighted by molar-refractivity contribution is 5.88. The van der Waals surface area contributed by atoms with Crippen molar-refractivity contribution in [2.75, 3.05) is 11.9 Å². The number of aromatic nitrogens is 1. The SMILES string of the molecule is CC(C1CCCC1)N(C)c1nc2ccccc2c(C#N)c1Cc1cc(C(F)(F)F)cc(C(F)(F)F)c1. The Balaban J connectivity index is 1.90. The average molecular weight is 506 g/mol. The molecule has 1 aliphatic carbocycles. The topological polar surface area (TPSA) is 39.9 Å². The second kappa shape index (κ2) is 9.64. The number of rotatable bonds is 5. The lowest BCUT2D eigenvalue weighted by molar-refractivity contribution is -0.143. The number of anilines is 1. The number of halogens is 6. The van der Waals surface area contributed by atoms with Crippen LogP contribution in [-0.4, -0.2) is 18.1 Å². The van der Waals surface area contributed by atoms with E-state index in [1.807, 2.05) is 18.9 Å². The molecule has 0 radical (unpaired) electrons. The zero-order valence-corrected chi connectivity index (χ0v) is 19.8. The van der Waals surface area contributed by atoms with Crippen LogP contribution in [-0.2, 0) is 18.8 Å². The highest BCUT2D eigenvalue weighted by Crippen LogP contribution is 2.39. The zero-order chi connectivity index (χ0) is 26.3. The van der Waals surface area contributed by atoms with Crippen molar-refractivity contribution in [2.45, 2.75) is 57.4 Å². The van der Waals surface area contributed by atoms with Crippen molar-refractivity contribution in [2.24, 2.45) is 5.92 Å². The highest BCUT2D eigenvalue weighted by atomic mass is 19.4. The van der Waals surface area contributed by atoms with E-state index in [-0.39, 0.29) is 29.7 Å². The molecule has 1 atom stereocenters. The molecule has 1 unspecified atom stereocenters. The number of alkyl halides is 6. The fraction of sp³-hybridized carbons (Fsp3) is 0.407. The first-order valence-electron chi connectivity index (χ1n) is 11.7. The summed E-state index contributed by atoms with van der Waals surface area (Å²) in [5.74, 6) is 0.780. The third-order valence-electron chi connectivity index (χ3n) is 7.14. The van der Waals surface area contributed by atoms with E-state index in [9.17, 15) is 31.6 Å². The Labute approximate surface area is 205 Å². The number of pyridine rings is 1. The number of benzene rings is 2. The monoisotopic (exact) mass is 505 g/mol. The fourth-order valence-electron chi connectivity index (χ4n) is 5.10. The van der Waals surface area contributed by atoms with E-state index in [2.05, 4.69) is 6.07 Å². The van der Waals surface area contributed by atoms with Gasteiger partial charge in [-0.1, -0.05) is 31.0 Å². The Kier molecular flexibility index (Phi) is 6.91. The summed E-state index contributed by atoms with van der Waals surface area (Å²) < 4.78 is 80.8. The van der Waals surface area contributed by atoms with E-state index >= 15 is 0 Å². The Morgan fingerprint density at radius 3 is 2.14 bits per heavy atom. The lowest BCUT2D eigenvalue weighted by Gasteiger charge is -2.32. The van der Waals surface area contributed by atoms with Gasteiger partial charge in [-0.3, -0.25) is 0 Å². The Morgan fingerprint density at radius 1 is 1.00 bits per heavy atom. The quantitative estimate of drug-likeness (QED) is 0.333. The van der Waals surface area contributed by atoms with E-state index in [0.717, 1.165) is 37.8 Å². The molecule has 1 heterocycles. The fourth-order valence-corrected chi connectivity index (χ4v) is 5.10. The van der Waals surface area contributed by atoms with Crippen LogP contribution in [0, 0.1) is 17.2 Å². The van der Waals surface area contributed by atoms with Gasteiger partial charge in [0.05, 0.1) is 22.2 Å². The van der Waals surface area contributed by atoms with Gasteiger partial charge in [-0.25, -0.2) is 4.98 Å². The average Bonchev–Trinajstić information content (AvgIpc) is 3.36. The van der Waals surface area contributed by atoms with E-state index in [4.69, 9.17) is 4.98 Å². The van der Waals surface area contributed by atoms with E-state index in [1.165, 1.54) is 0 Å². The summed E-state index contributed by atoms with van der Waals surface area (Å²) in [7, 11) is 1.82. The number of fused-ring (bicyclic) bond motifs is 1. The summed E-state index contributed by atoms with van der Waals surface area (Å²) in [6.07, 6.45) is -5.93. The molecule has 0 N–H and O–H groups in total. The second-order valence-electron chi connectivity index (χ2n) is 9.40. The lowest BCUT2D eigenvalue weighted by atomic mass is 9.93. The van der Waals surface area contributed by atoms with Crippen molar-refractivity contribution < 1.29 is 26.3 Å². The first kappa shape index (κ1) is 25.8. The largest absolute Gasteiger partial charge is 0.416 e. The van der Waals surface area contributed by atoms with Gasteiger partial charge in [-0.05, 0) is 55.5 Å². The third-order valence-corrected chi connectivity index (χ3v) is 7.14. The van der Waals surface area contributed by atoms with Gasteiger partial charge in [0, 0.05) is 30.5 Å². The van der Waals surface area contributed by atoms with Crippen LogP contribution in [0.4, 0.5) is 32.2 Å². The summed E-state index contributed by atoms with van der Waals surface area (Å²) >= 11 is 0. The molecule has 0 aliphatic heterocycles. The minimum absolute atomic E-state index is 0.0266. The van der Waals surface area contributed by atoms with E-state index in [1.54, 1.807) is 24.3 Å². The van der Waals surface area contributed by atoms with Crippen LogP contribution in [0.3, 0.4) is 0 Å². The van der Waals surface area contributed by atoms with Crippen molar-refractivity contribution in [3.05, 3.63) is 70.3 Å². The molecule has 1 saturated carbocycles. The smallest absolute Gasteiger partial charge is 0.356 e. The second-order valence-corrected chi connectivity index (χ2v) is 9.40. The summed E-state index contributed by atoms with van der Waals surface area (Å²) in [5, 5.41) is 10.6. The number of hydrogen-bond donors (Lipinski definition) is 0. The molecule has 9 heteroatoms. The van der Waals surface area contributed by atoms with E-state index in [0.29, 0.717) is 28.2 Å². The van der Waals surface area contributed by atoms with Crippen molar-refractivity contribution in [1.82, 2.24) is 4.98 Å². The summed E-state index contributed by atoms with van der Waals surface area (Å²) in [4.78, 5) is 6.66. The molecule has 3 nitrogen and oxygen atoms in total. The number of nitrogens with zero attached hydrogens (tertiary/aromatic N) is 3. The van der Waals surface area contributed by atoms with Gasteiger partial charge in [0.15, 0.2) is 0 Å². The molecule has 4 rings (SSSR count). The van der Waals surface area contributed by atoms with Crippen LogP contribution in [0.5, 0.6) is 0 Å². The Hall–Kier alpha value is -3.28. The molecule has 0 amide bonds. The van der Waals surface area contributed by atoms with Gasteiger partial charge in [0.1, 0.15) is 11.9 Å². The van der Waals surface area contributed by atoms with Crippen molar-refractivity contribution >= 4 is 16.7 Å². The molecule has 0 bridgehead atoms. The maximum Gasteiger partial charge on any atom is 0.416 e. The normalized spacial score (nSPS) is 15.8. The standard InChI is InChI=1S/C27H25F6N3/c1-16(18-7-3-4-8-18)36(2)25-22(23(15-34)21-9-5-6-10-24(21)35-25)13-17-11-19(26(28,29)30)14-20(12-17)27(31,32)33/h5-6,9-12,14,16,18H,3-4,7-8,13H2,1-2H3. The van der Waals surface area contributed by atoms with E-state index < -0.39 is 23.5 Å². The maximum atomic E-state index is 13.5. The number of nitriles is 1. The molecule has 1 fully saturated rings. The summed E-state index contributed by atoms with van der Waals surface area (Å²) in [6.45, 7) is 2.04. The van der Waals surface area contributed by atoms with Crippen LogP contribution < -0.4 is 4.90 Å². The molecule has 1 aliphatic rings. The van der Waals surface area contributed by atoms with Crippen LogP contribution in [0.25, 0.3) is 10.9 Å². The predicted molar refractivity (Wildman–Crippen MR) is 126 cm³/mol. The molecule has 36 heavy (non-hydrogen) atoms. The predicted octanol–water partition coefficient (Wildman–Crippen LogP) is 7.75. The Bertz CT molecular complexity index is 1270. The molecule has 1 aromatic heterocycles. The first-order valence-corrected chi connectivity index (χ1v) is 11.7. The summed E-state index contributed by atoms with van der Waals surface area (Å²) in [5.41, 5.74) is -1.89. The van der Waals surface area contributed by atoms with Gasteiger partial charge in [0.25, 0.3) is 0 Å². The lowest BCUT2D eigenvalue weighted by Crippen LogP contribution is -2.36. The molecule has 0 saturated heterocycles. The minimum Gasteiger partial charge on any atom is -0.356 e.